The van der Waals surface area contributed by atoms with Gasteiger partial charge >= 0.3 is 6.09 Å². The number of benzene rings is 3. The number of carbonyl (C=O) groups is 1. The molecule has 0 unspecified atom stereocenters. The van der Waals surface area contributed by atoms with Crippen molar-refractivity contribution < 1.29 is 56.9 Å². The summed E-state index contributed by atoms with van der Waals surface area (Å²) >= 11 is 0. The van der Waals surface area contributed by atoms with Crippen LogP contribution in [0.5, 0.6) is 5.75 Å². The number of anilines is 1. The molecule has 55 heavy (non-hydrogen) atoms. The summed E-state index contributed by atoms with van der Waals surface area (Å²) in [7, 11) is 0. The zero-order valence-corrected chi connectivity index (χ0v) is 31.8. The van der Waals surface area contributed by atoms with Gasteiger partial charge in [-0.15, -0.1) is 0 Å². The Morgan fingerprint density at radius 2 is 0.836 bits per heavy atom. The van der Waals surface area contributed by atoms with Gasteiger partial charge in [0.1, 0.15) is 19.0 Å². The third-order valence-electron chi connectivity index (χ3n) is 8.24. The number of alkyl carbamates (subject to hydrolysis) is 1. The second-order valence-corrected chi connectivity index (χ2v) is 12.1. The number of nitrogen functional groups attached to an aromatic ring is 1. The van der Waals surface area contributed by atoms with Gasteiger partial charge < -0.3 is 63.2 Å². The van der Waals surface area contributed by atoms with E-state index in [0.717, 1.165) is 0 Å². The van der Waals surface area contributed by atoms with Crippen LogP contribution in [0.2, 0.25) is 0 Å². The van der Waals surface area contributed by atoms with Gasteiger partial charge in [-0.1, -0.05) is 60.7 Å². The predicted molar refractivity (Wildman–Crippen MR) is 207 cm³/mol. The molecule has 3 N–H and O–H groups in total. The van der Waals surface area contributed by atoms with Crippen molar-refractivity contribution in [1.82, 2.24) is 5.32 Å². The quantitative estimate of drug-likeness (QED) is 0.0667. The lowest BCUT2D eigenvalue weighted by atomic mass is 9.98. The Hall–Kier alpha value is -3.83. The molecule has 1 aliphatic carbocycles. The molecule has 14 nitrogen and oxygen atoms in total. The summed E-state index contributed by atoms with van der Waals surface area (Å²) in [5.74, 6) is 0.700. The van der Waals surface area contributed by atoms with Crippen molar-refractivity contribution >= 4 is 11.8 Å². The van der Waals surface area contributed by atoms with Crippen LogP contribution in [0.15, 0.2) is 72.8 Å². The van der Waals surface area contributed by atoms with Crippen molar-refractivity contribution in [3.05, 3.63) is 83.9 Å². The van der Waals surface area contributed by atoms with Crippen molar-refractivity contribution in [2.75, 3.05) is 144 Å². The van der Waals surface area contributed by atoms with Gasteiger partial charge in [0.25, 0.3) is 0 Å². The summed E-state index contributed by atoms with van der Waals surface area (Å²) in [6.45, 7) is 9.55. The van der Waals surface area contributed by atoms with E-state index in [1.165, 1.54) is 22.3 Å². The lowest BCUT2D eigenvalue weighted by Crippen LogP contribution is -2.29. The van der Waals surface area contributed by atoms with Crippen LogP contribution >= 0.6 is 0 Å². The van der Waals surface area contributed by atoms with Gasteiger partial charge in [0.05, 0.1) is 125 Å². The topological polar surface area (TPSA) is 157 Å². The molecular formula is C41H58N2O12. The highest BCUT2D eigenvalue weighted by atomic mass is 16.6. The van der Waals surface area contributed by atoms with Gasteiger partial charge in [0, 0.05) is 12.5 Å². The molecule has 1 amide bonds. The lowest BCUT2D eigenvalue weighted by Gasteiger charge is -2.14. The molecule has 0 saturated carbocycles. The Bertz CT molecular complexity index is 1400. The Labute approximate surface area is 324 Å². The Morgan fingerprint density at radius 1 is 0.473 bits per heavy atom. The Kier molecular flexibility index (Phi) is 22.8. The summed E-state index contributed by atoms with van der Waals surface area (Å²) in [4.78, 5) is 12.2. The van der Waals surface area contributed by atoms with Gasteiger partial charge in [0.2, 0.25) is 0 Å². The molecule has 0 bridgehead atoms. The lowest BCUT2D eigenvalue weighted by molar-refractivity contribution is -0.0253. The second-order valence-electron chi connectivity index (χ2n) is 12.1. The van der Waals surface area contributed by atoms with Crippen LogP contribution in [0.4, 0.5) is 10.5 Å². The number of ether oxygens (including phenoxy) is 11. The summed E-state index contributed by atoms with van der Waals surface area (Å²) in [5.41, 5.74) is 11.2. The minimum absolute atomic E-state index is 0.0355. The van der Waals surface area contributed by atoms with Gasteiger partial charge in [-0.2, -0.15) is 0 Å². The largest absolute Gasteiger partial charge is 0.489 e. The zero-order valence-electron chi connectivity index (χ0n) is 31.8. The minimum atomic E-state index is -0.453. The molecule has 3 aromatic carbocycles. The van der Waals surface area contributed by atoms with E-state index in [1.807, 2.05) is 42.5 Å². The molecule has 3 aromatic rings. The fourth-order valence-corrected chi connectivity index (χ4v) is 5.56. The van der Waals surface area contributed by atoms with Gasteiger partial charge in [0.15, 0.2) is 0 Å². The number of para-hydroxylation sites is 2. The van der Waals surface area contributed by atoms with Gasteiger partial charge in [-0.3, -0.25) is 0 Å². The van der Waals surface area contributed by atoms with Crippen molar-refractivity contribution in [3.63, 3.8) is 0 Å². The highest BCUT2D eigenvalue weighted by Gasteiger charge is 2.28. The van der Waals surface area contributed by atoms with Crippen LogP contribution in [0.1, 0.15) is 17.0 Å². The van der Waals surface area contributed by atoms with Crippen molar-refractivity contribution in [2.24, 2.45) is 0 Å². The summed E-state index contributed by atoms with van der Waals surface area (Å²) < 4.78 is 60.6. The first-order valence-corrected chi connectivity index (χ1v) is 19.0. The maximum Gasteiger partial charge on any atom is 0.407 e. The number of nitrogens with one attached hydrogen (secondary N) is 1. The second kappa shape index (κ2) is 28.6. The van der Waals surface area contributed by atoms with E-state index in [9.17, 15) is 4.79 Å². The normalized spacial score (nSPS) is 12.1. The maximum atomic E-state index is 12.2. The maximum absolute atomic E-state index is 12.2. The molecule has 304 valence electrons. The van der Waals surface area contributed by atoms with Crippen LogP contribution in [0, 0.1) is 0 Å². The van der Waals surface area contributed by atoms with E-state index in [0.29, 0.717) is 144 Å². The standard InChI is InChI=1S/C41H58N2O12/c42-39-11-5-6-12-40(39)54-32-31-53-30-29-52-28-27-51-26-25-50-24-23-49-22-21-48-20-19-47-18-17-46-16-15-45-14-13-43-41(44)55-33-38-36-9-3-1-7-34(36)35-8-2-4-10-37(35)38/h1-12,38H,13-33,42H2,(H,43,44). The molecule has 0 heterocycles. The van der Waals surface area contributed by atoms with E-state index in [1.54, 1.807) is 6.07 Å². The van der Waals surface area contributed by atoms with E-state index in [2.05, 4.69) is 29.6 Å². The first-order chi connectivity index (χ1) is 27.2. The highest BCUT2D eigenvalue weighted by Crippen LogP contribution is 2.44. The van der Waals surface area contributed by atoms with Crippen molar-refractivity contribution in [3.8, 4) is 16.9 Å². The monoisotopic (exact) mass is 770 g/mol. The van der Waals surface area contributed by atoms with Crippen LogP contribution in [-0.4, -0.2) is 145 Å². The number of nitrogens with two attached hydrogens (primary N) is 1. The molecule has 0 aromatic heterocycles. The molecule has 1 aliphatic rings. The van der Waals surface area contributed by atoms with E-state index in [4.69, 9.17) is 57.8 Å². The third kappa shape index (κ3) is 18.1. The molecule has 0 radical (unpaired) electrons. The average molecular weight is 771 g/mol. The fourth-order valence-electron chi connectivity index (χ4n) is 5.56. The summed E-state index contributed by atoms with van der Waals surface area (Å²) in [6, 6.07) is 23.9. The number of rotatable bonds is 33. The SMILES string of the molecule is Nc1ccccc1OCCOCCOCCOCCOCCOCCOCCOCCOCCOCCNC(=O)OCC1c2ccccc2-c2ccccc21. The first kappa shape index (κ1) is 43.9. The predicted octanol–water partition coefficient (Wildman–Crippen LogP) is 4.34. The van der Waals surface area contributed by atoms with Crippen LogP contribution in [0.3, 0.4) is 0 Å². The number of fused-ring (bicyclic) bond motifs is 3. The molecule has 0 saturated heterocycles. The molecule has 0 atom stereocenters. The van der Waals surface area contributed by atoms with E-state index in [-0.39, 0.29) is 12.5 Å². The third-order valence-corrected chi connectivity index (χ3v) is 8.24. The van der Waals surface area contributed by atoms with Gasteiger partial charge in [-0.05, 0) is 34.4 Å². The van der Waals surface area contributed by atoms with Crippen LogP contribution in [0.25, 0.3) is 11.1 Å². The number of hydrogen-bond acceptors (Lipinski definition) is 13. The van der Waals surface area contributed by atoms with E-state index >= 15 is 0 Å². The van der Waals surface area contributed by atoms with Gasteiger partial charge in [-0.25, -0.2) is 4.79 Å². The highest BCUT2D eigenvalue weighted by molar-refractivity contribution is 5.79. The number of amides is 1. The molecule has 14 heteroatoms. The Balaban J connectivity index is 0.793. The molecule has 0 aliphatic heterocycles. The summed E-state index contributed by atoms with van der Waals surface area (Å²) in [5, 5.41) is 2.74. The molecule has 0 spiro atoms. The smallest absolute Gasteiger partial charge is 0.407 e. The number of carbonyl (C=O) groups excluding carboxylic acids is 1. The Morgan fingerprint density at radius 3 is 1.27 bits per heavy atom. The van der Waals surface area contributed by atoms with Crippen molar-refractivity contribution in [1.29, 1.82) is 0 Å². The first-order valence-electron chi connectivity index (χ1n) is 19.0. The molecule has 4 rings (SSSR count). The number of hydrogen-bond donors (Lipinski definition) is 2. The van der Waals surface area contributed by atoms with Crippen LogP contribution in [-0.2, 0) is 47.4 Å². The van der Waals surface area contributed by atoms with E-state index < -0.39 is 6.09 Å². The van der Waals surface area contributed by atoms with Crippen molar-refractivity contribution in [2.45, 2.75) is 5.92 Å². The molecular weight excluding hydrogens is 712 g/mol. The average Bonchev–Trinajstić information content (AvgIpc) is 3.53. The fraction of sp³-hybridized carbons (Fsp3) is 0.537. The zero-order chi connectivity index (χ0) is 38.4. The minimum Gasteiger partial charge on any atom is -0.489 e. The van der Waals surface area contributed by atoms with Crippen LogP contribution < -0.4 is 15.8 Å². The molecule has 0 fully saturated rings. The summed E-state index contributed by atoms with van der Waals surface area (Å²) in [6.07, 6.45) is -0.453.